The van der Waals surface area contributed by atoms with E-state index in [0.29, 0.717) is 17.8 Å². The van der Waals surface area contributed by atoms with Crippen LogP contribution in [0.4, 0.5) is 16.2 Å². The van der Waals surface area contributed by atoms with E-state index in [2.05, 4.69) is 84.3 Å². The summed E-state index contributed by atoms with van der Waals surface area (Å²) in [6.07, 6.45) is -0.581. The van der Waals surface area contributed by atoms with E-state index >= 15 is 4.39 Å². The van der Waals surface area contributed by atoms with Crippen LogP contribution in [0, 0.1) is 0 Å². The fraction of sp³-hybridized carbons (Fsp3) is 0.303. The molecule has 3 aromatic carbocycles. The molecule has 6 rings (SSSR count). The van der Waals surface area contributed by atoms with Crippen LogP contribution < -0.4 is 21.8 Å². The van der Waals surface area contributed by atoms with E-state index in [9.17, 15) is 0 Å². The van der Waals surface area contributed by atoms with Crippen molar-refractivity contribution in [3.8, 4) is 0 Å². The SMILES string of the molecule is CC(C)(C)[Si](OC[C@H]1S[C@@H](n2cnc3c(N)nc(N)nc32)[C@@H](F)[C@@H]1OCc1ccccc1)(c1ccccc1)c1ccccc1. The van der Waals surface area contributed by atoms with Gasteiger partial charge >= 0.3 is 0 Å². The fourth-order valence-electron chi connectivity index (χ4n) is 6.13. The molecule has 3 heterocycles. The maximum atomic E-state index is 16.7. The number of nitrogens with two attached hydrogens (primary N) is 2. The lowest BCUT2D eigenvalue weighted by Gasteiger charge is -2.43. The van der Waals surface area contributed by atoms with E-state index in [1.165, 1.54) is 22.1 Å². The molecule has 4 atom stereocenters. The Hall–Kier alpha value is -3.77. The number of anilines is 2. The van der Waals surface area contributed by atoms with Gasteiger partial charge in [0.05, 0.1) is 18.2 Å². The zero-order chi connectivity index (χ0) is 30.9. The highest BCUT2D eigenvalue weighted by Crippen LogP contribution is 2.47. The molecule has 1 saturated heterocycles. The van der Waals surface area contributed by atoms with Crippen molar-refractivity contribution in [2.45, 2.75) is 55.3 Å². The molecular weight excluding hydrogens is 592 g/mol. The third-order valence-electron chi connectivity index (χ3n) is 8.17. The zero-order valence-corrected chi connectivity index (χ0v) is 26.8. The first-order valence-corrected chi connectivity index (χ1v) is 17.5. The first kappa shape index (κ1) is 30.3. The Morgan fingerprint density at radius 3 is 2.07 bits per heavy atom. The van der Waals surface area contributed by atoms with Gasteiger partial charge in [-0.25, -0.2) is 9.37 Å². The van der Waals surface area contributed by atoms with Crippen LogP contribution in [0.3, 0.4) is 0 Å². The first-order chi connectivity index (χ1) is 21.2. The highest BCUT2D eigenvalue weighted by atomic mass is 32.2. The van der Waals surface area contributed by atoms with Crippen molar-refractivity contribution < 1.29 is 13.6 Å². The van der Waals surface area contributed by atoms with Crippen molar-refractivity contribution in [3.63, 3.8) is 0 Å². The molecule has 4 N–H and O–H groups in total. The molecule has 8 nitrogen and oxygen atoms in total. The molecule has 0 radical (unpaired) electrons. The molecule has 0 bridgehead atoms. The van der Waals surface area contributed by atoms with Gasteiger partial charge in [0, 0.05) is 6.61 Å². The second-order valence-corrected chi connectivity index (χ2v) is 17.7. The summed E-state index contributed by atoms with van der Waals surface area (Å²) in [4.78, 5) is 12.8. The number of thioether (sulfide) groups is 1. The topological polar surface area (TPSA) is 114 Å². The van der Waals surface area contributed by atoms with Gasteiger partial charge in [-0.1, -0.05) is 112 Å². The number of fused-ring (bicyclic) bond motifs is 1. The number of hydrogen-bond acceptors (Lipinski definition) is 8. The quantitative estimate of drug-likeness (QED) is 0.217. The van der Waals surface area contributed by atoms with Crippen LogP contribution in [-0.4, -0.2) is 52.0 Å². The molecule has 0 unspecified atom stereocenters. The third-order valence-corrected chi connectivity index (χ3v) is 14.7. The summed E-state index contributed by atoms with van der Waals surface area (Å²) in [7, 11) is -2.87. The van der Waals surface area contributed by atoms with Crippen LogP contribution >= 0.6 is 11.8 Å². The Kier molecular flexibility index (Phi) is 8.47. The van der Waals surface area contributed by atoms with Crippen LogP contribution in [0.25, 0.3) is 11.2 Å². The average Bonchev–Trinajstić information content (AvgIpc) is 3.57. The Morgan fingerprint density at radius 2 is 1.48 bits per heavy atom. The van der Waals surface area contributed by atoms with E-state index in [-0.39, 0.29) is 28.7 Å². The average molecular weight is 629 g/mol. The second-order valence-electron chi connectivity index (χ2n) is 12.0. The minimum Gasteiger partial charge on any atom is -0.406 e. The fourth-order valence-corrected chi connectivity index (χ4v) is 12.3. The van der Waals surface area contributed by atoms with Crippen molar-refractivity contribution in [2.24, 2.45) is 0 Å². The van der Waals surface area contributed by atoms with E-state index in [4.69, 9.17) is 20.6 Å². The highest BCUT2D eigenvalue weighted by molar-refractivity contribution is 8.00. The third kappa shape index (κ3) is 5.60. The highest BCUT2D eigenvalue weighted by Gasteiger charge is 2.53. The van der Waals surface area contributed by atoms with E-state index < -0.39 is 26.0 Å². The second kappa shape index (κ2) is 12.3. The number of nitrogen functional groups attached to an aromatic ring is 2. The number of imidazole rings is 1. The van der Waals surface area contributed by atoms with Gasteiger partial charge in [0.2, 0.25) is 5.95 Å². The predicted molar refractivity (Wildman–Crippen MR) is 178 cm³/mol. The molecule has 0 amide bonds. The van der Waals surface area contributed by atoms with Crippen molar-refractivity contribution in [2.75, 3.05) is 18.1 Å². The van der Waals surface area contributed by atoms with Gasteiger partial charge in [-0.15, -0.1) is 11.8 Å². The summed E-state index contributed by atoms with van der Waals surface area (Å²) in [5.74, 6) is 0.173. The van der Waals surface area contributed by atoms with Gasteiger partial charge in [-0.05, 0) is 21.0 Å². The van der Waals surface area contributed by atoms with Crippen molar-refractivity contribution in [1.29, 1.82) is 0 Å². The number of benzene rings is 3. The largest absolute Gasteiger partial charge is 0.406 e. The van der Waals surface area contributed by atoms with Gasteiger partial charge in [0.15, 0.2) is 17.6 Å². The zero-order valence-electron chi connectivity index (χ0n) is 25.0. The van der Waals surface area contributed by atoms with Crippen LogP contribution in [0.1, 0.15) is 31.7 Å². The molecule has 0 spiro atoms. The molecule has 1 fully saturated rings. The molecule has 1 aliphatic rings. The number of rotatable bonds is 9. The van der Waals surface area contributed by atoms with Gasteiger partial charge in [0.1, 0.15) is 17.0 Å². The standard InChI is InChI=1S/C33H37FN6O2SSi/c1-33(2,3)44(23-15-9-5-10-16-23,24-17-11-6-12-18-24)42-20-25-28(41-19-22-13-7-4-8-14-22)26(34)31(43-25)40-21-37-27-29(35)38-32(36)39-30(27)40/h4-18,21,25-26,28,31H,19-20H2,1-3H3,(H4,35,36,38,39)/t25-,26+,28-,31-/m1/s1. The lowest BCUT2D eigenvalue weighted by atomic mass is 10.1. The molecule has 44 heavy (non-hydrogen) atoms. The molecule has 0 aliphatic carbocycles. The molecule has 2 aromatic heterocycles. The van der Waals surface area contributed by atoms with Crippen molar-refractivity contribution in [3.05, 3.63) is 103 Å². The number of nitrogens with zero attached hydrogens (tertiary/aromatic N) is 4. The molecular formula is C33H37FN6O2SSi. The maximum absolute atomic E-state index is 16.7. The summed E-state index contributed by atoms with van der Waals surface area (Å²) < 4.78 is 32.0. The molecule has 1 aliphatic heterocycles. The van der Waals surface area contributed by atoms with Gasteiger partial charge in [-0.2, -0.15) is 9.97 Å². The number of ether oxygens (including phenoxy) is 1. The summed E-state index contributed by atoms with van der Waals surface area (Å²) in [6, 6.07) is 30.7. The summed E-state index contributed by atoms with van der Waals surface area (Å²) in [6.45, 7) is 7.27. The smallest absolute Gasteiger partial charge is 0.261 e. The Labute approximate surface area is 262 Å². The lowest BCUT2D eigenvalue weighted by Crippen LogP contribution is -2.67. The van der Waals surface area contributed by atoms with Crippen molar-refractivity contribution in [1.82, 2.24) is 19.5 Å². The molecule has 0 saturated carbocycles. The number of aromatic nitrogens is 4. The number of halogens is 1. The Morgan fingerprint density at radius 1 is 0.886 bits per heavy atom. The minimum atomic E-state index is -2.87. The Bertz CT molecular complexity index is 1660. The minimum absolute atomic E-state index is 0.0126. The van der Waals surface area contributed by atoms with Crippen LogP contribution in [0.5, 0.6) is 0 Å². The number of hydrogen-bond donors (Lipinski definition) is 2. The van der Waals surface area contributed by atoms with Gasteiger partial charge in [-0.3, -0.25) is 4.57 Å². The lowest BCUT2D eigenvalue weighted by molar-refractivity contribution is -0.0168. The first-order valence-electron chi connectivity index (χ1n) is 14.6. The van der Waals surface area contributed by atoms with Crippen LogP contribution in [-0.2, 0) is 15.8 Å². The van der Waals surface area contributed by atoms with E-state index in [0.717, 1.165) is 5.56 Å². The number of alkyl halides is 1. The molecule has 5 aromatic rings. The van der Waals surface area contributed by atoms with Crippen molar-refractivity contribution >= 4 is 53.4 Å². The van der Waals surface area contributed by atoms with Crippen LogP contribution in [0.15, 0.2) is 97.3 Å². The van der Waals surface area contributed by atoms with Gasteiger partial charge in [0.25, 0.3) is 8.32 Å². The normalized spacial score (nSPS) is 20.7. The van der Waals surface area contributed by atoms with E-state index in [1.807, 2.05) is 42.5 Å². The molecule has 228 valence electrons. The molecule has 11 heteroatoms. The predicted octanol–water partition coefficient (Wildman–Crippen LogP) is 5.10. The summed E-state index contributed by atoms with van der Waals surface area (Å²) in [5, 5.41) is 1.11. The monoisotopic (exact) mass is 628 g/mol. The van der Waals surface area contributed by atoms with Gasteiger partial charge < -0.3 is 20.6 Å². The maximum Gasteiger partial charge on any atom is 0.261 e. The summed E-state index contributed by atoms with van der Waals surface area (Å²) >= 11 is 1.47. The summed E-state index contributed by atoms with van der Waals surface area (Å²) in [5.41, 5.74) is 13.7. The van der Waals surface area contributed by atoms with Crippen LogP contribution in [0.2, 0.25) is 5.04 Å². The Balaban J connectivity index is 1.37. The van der Waals surface area contributed by atoms with E-state index in [1.54, 1.807) is 10.9 Å².